The van der Waals surface area contributed by atoms with Gasteiger partial charge in [-0.3, -0.25) is 10.1 Å². The number of rotatable bonds is 5. The Morgan fingerprint density at radius 3 is 2.81 bits per heavy atom. The first-order valence-electron chi connectivity index (χ1n) is 5.91. The summed E-state index contributed by atoms with van der Waals surface area (Å²) in [5.74, 6) is -1.61. The minimum atomic E-state index is -1.28. The van der Waals surface area contributed by atoms with Crippen LogP contribution in [0.5, 0.6) is 0 Å². The second-order valence-electron chi connectivity index (χ2n) is 4.29. The molecule has 110 valence electrons. The van der Waals surface area contributed by atoms with Crippen molar-refractivity contribution in [2.24, 2.45) is 0 Å². The van der Waals surface area contributed by atoms with Crippen molar-refractivity contribution in [2.75, 3.05) is 7.11 Å². The fourth-order valence-electron chi connectivity index (χ4n) is 1.82. The number of aromatic nitrogens is 1. The summed E-state index contributed by atoms with van der Waals surface area (Å²) in [6, 6.07) is 4.42. The van der Waals surface area contributed by atoms with Gasteiger partial charge in [-0.25, -0.2) is 9.78 Å². The van der Waals surface area contributed by atoms with Crippen molar-refractivity contribution in [1.82, 2.24) is 4.98 Å². The first kappa shape index (κ1) is 14.7. The van der Waals surface area contributed by atoms with Gasteiger partial charge in [-0.1, -0.05) is 6.07 Å². The van der Waals surface area contributed by atoms with Gasteiger partial charge in [-0.05, 0) is 13.0 Å². The van der Waals surface area contributed by atoms with Gasteiger partial charge in [0, 0.05) is 24.3 Å². The van der Waals surface area contributed by atoms with Crippen molar-refractivity contribution in [3.05, 3.63) is 45.3 Å². The molecule has 0 atom stereocenters. The molecular weight excluding hydrogens is 280 g/mol. The van der Waals surface area contributed by atoms with Gasteiger partial charge >= 0.3 is 5.97 Å². The van der Waals surface area contributed by atoms with Crippen molar-refractivity contribution in [2.45, 2.75) is 13.5 Å². The highest BCUT2D eigenvalue weighted by atomic mass is 16.6. The number of hydrogen-bond acceptors (Lipinski definition) is 6. The molecule has 2 aromatic rings. The van der Waals surface area contributed by atoms with E-state index in [0.717, 1.165) is 0 Å². The van der Waals surface area contributed by atoms with Crippen LogP contribution in [-0.4, -0.2) is 28.1 Å². The van der Waals surface area contributed by atoms with Crippen molar-refractivity contribution in [3.8, 4) is 11.5 Å². The Morgan fingerprint density at radius 2 is 2.24 bits per heavy atom. The topological polar surface area (TPSA) is 116 Å². The fourth-order valence-corrected chi connectivity index (χ4v) is 1.82. The van der Waals surface area contributed by atoms with Gasteiger partial charge in [0.1, 0.15) is 5.69 Å². The van der Waals surface area contributed by atoms with E-state index in [1.165, 1.54) is 13.2 Å². The third-order valence-electron chi connectivity index (χ3n) is 2.83. The number of nitro groups is 1. The summed E-state index contributed by atoms with van der Waals surface area (Å²) in [7, 11) is 1.40. The zero-order chi connectivity index (χ0) is 15.6. The monoisotopic (exact) mass is 292 g/mol. The number of hydrogen-bond donors (Lipinski definition) is 1. The summed E-state index contributed by atoms with van der Waals surface area (Å²) in [6.07, 6.45) is 0. The van der Waals surface area contributed by atoms with Crippen molar-refractivity contribution in [1.29, 1.82) is 0 Å². The number of methoxy groups -OCH3 is 1. The Bertz CT molecular complexity index is 707. The van der Waals surface area contributed by atoms with E-state index in [2.05, 4.69) is 4.98 Å². The SMILES string of the molecule is COCc1nc(-c2ccc(C)c([N+](=O)[O-])c2)oc1C(=O)O. The Labute approximate surface area is 119 Å². The zero-order valence-corrected chi connectivity index (χ0v) is 11.3. The molecule has 0 aliphatic heterocycles. The van der Waals surface area contributed by atoms with Crippen LogP contribution in [0.4, 0.5) is 5.69 Å². The molecule has 0 fully saturated rings. The van der Waals surface area contributed by atoms with Gasteiger partial charge in [0.05, 0.1) is 11.5 Å². The maximum absolute atomic E-state index is 11.1. The lowest BCUT2D eigenvalue weighted by atomic mass is 10.1. The zero-order valence-electron chi connectivity index (χ0n) is 11.3. The van der Waals surface area contributed by atoms with Gasteiger partial charge in [-0.2, -0.15) is 0 Å². The molecular formula is C13H12N2O6. The molecule has 1 aromatic heterocycles. The van der Waals surface area contributed by atoms with Gasteiger partial charge in [0.15, 0.2) is 0 Å². The molecule has 0 unspecified atom stereocenters. The summed E-state index contributed by atoms with van der Waals surface area (Å²) in [5, 5.41) is 20.0. The summed E-state index contributed by atoms with van der Waals surface area (Å²) in [4.78, 5) is 25.5. The number of carboxylic acids is 1. The highest BCUT2D eigenvalue weighted by Gasteiger charge is 2.21. The predicted molar refractivity (Wildman–Crippen MR) is 71.0 cm³/mol. The molecule has 0 saturated heterocycles. The summed E-state index contributed by atoms with van der Waals surface area (Å²) < 4.78 is 10.0. The first-order valence-corrected chi connectivity index (χ1v) is 5.91. The largest absolute Gasteiger partial charge is 0.475 e. The molecule has 1 aromatic carbocycles. The van der Waals surface area contributed by atoms with Crippen LogP contribution >= 0.6 is 0 Å². The lowest BCUT2D eigenvalue weighted by Gasteiger charge is -1.99. The molecule has 0 radical (unpaired) electrons. The molecule has 1 heterocycles. The standard InChI is InChI=1S/C13H12N2O6/c1-7-3-4-8(5-10(7)15(18)19)12-14-9(6-20-2)11(21-12)13(16)17/h3-5H,6H2,1-2H3,(H,16,17). The normalized spacial score (nSPS) is 10.6. The highest BCUT2D eigenvalue weighted by Crippen LogP contribution is 2.28. The van der Waals surface area contributed by atoms with Crippen LogP contribution in [0.3, 0.4) is 0 Å². The molecule has 0 amide bonds. The number of carboxylic acid groups (broad SMARTS) is 1. The summed E-state index contributed by atoms with van der Waals surface area (Å²) in [6.45, 7) is 1.58. The maximum Gasteiger partial charge on any atom is 0.373 e. The van der Waals surface area contributed by atoms with E-state index >= 15 is 0 Å². The number of aryl methyl sites for hydroxylation is 1. The third-order valence-corrected chi connectivity index (χ3v) is 2.83. The van der Waals surface area contributed by atoms with E-state index < -0.39 is 10.9 Å². The number of oxazole rings is 1. The van der Waals surface area contributed by atoms with Gasteiger partial charge in [0.2, 0.25) is 11.7 Å². The van der Waals surface area contributed by atoms with E-state index in [1.807, 2.05) is 0 Å². The molecule has 2 rings (SSSR count). The number of benzene rings is 1. The predicted octanol–water partition coefficient (Wildman–Crippen LogP) is 2.40. The minimum Gasteiger partial charge on any atom is -0.475 e. The molecule has 0 spiro atoms. The molecule has 0 aliphatic carbocycles. The Hall–Kier alpha value is -2.74. The van der Waals surface area contributed by atoms with Crippen LogP contribution in [0.25, 0.3) is 11.5 Å². The number of carbonyl (C=O) groups is 1. The van der Waals surface area contributed by atoms with Gasteiger partial charge in [-0.15, -0.1) is 0 Å². The third kappa shape index (κ3) is 2.90. The van der Waals surface area contributed by atoms with Crippen LogP contribution in [-0.2, 0) is 11.3 Å². The van der Waals surface area contributed by atoms with E-state index in [1.54, 1.807) is 19.1 Å². The van der Waals surface area contributed by atoms with E-state index in [-0.39, 0.29) is 29.6 Å². The quantitative estimate of drug-likeness (QED) is 0.664. The van der Waals surface area contributed by atoms with E-state index in [0.29, 0.717) is 11.1 Å². The highest BCUT2D eigenvalue weighted by molar-refractivity contribution is 5.86. The fraction of sp³-hybridized carbons (Fsp3) is 0.231. The number of nitro benzene ring substituents is 1. The van der Waals surface area contributed by atoms with Gasteiger partial charge < -0.3 is 14.3 Å². The Morgan fingerprint density at radius 1 is 1.52 bits per heavy atom. The molecule has 21 heavy (non-hydrogen) atoms. The molecule has 8 heteroatoms. The van der Waals surface area contributed by atoms with E-state index in [9.17, 15) is 14.9 Å². The molecule has 0 aliphatic rings. The molecule has 0 saturated carbocycles. The Kier molecular flexibility index (Phi) is 3.99. The second-order valence-corrected chi connectivity index (χ2v) is 4.29. The number of nitrogens with zero attached hydrogens (tertiary/aromatic N) is 2. The number of ether oxygens (including phenoxy) is 1. The lowest BCUT2D eigenvalue weighted by Crippen LogP contribution is -2.00. The van der Waals surface area contributed by atoms with Crippen molar-refractivity contribution in [3.63, 3.8) is 0 Å². The average molecular weight is 292 g/mol. The van der Waals surface area contributed by atoms with E-state index in [4.69, 9.17) is 14.3 Å². The van der Waals surface area contributed by atoms with Crippen molar-refractivity contribution < 1.29 is 24.0 Å². The van der Waals surface area contributed by atoms with Crippen LogP contribution < -0.4 is 0 Å². The van der Waals surface area contributed by atoms with Crippen LogP contribution in [0.1, 0.15) is 21.8 Å². The van der Waals surface area contributed by atoms with Gasteiger partial charge in [0.25, 0.3) is 5.69 Å². The van der Waals surface area contributed by atoms with Crippen LogP contribution in [0.2, 0.25) is 0 Å². The Balaban J connectivity index is 2.52. The minimum absolute atomic E-state index is 0.00236. The lowest BCUT2D eigenvalue weighted by molar-refractivity contribution is -0.385. The van der Waals surface area contributed by atoms with Crippen LogP contribution in [0.15, 0.2) is 22.6 Å². The summed E-state index contributed by atoms with van der Waals surface area (Å²) in [5.41, 5.74) is 0.863. The average Bonchev–Trinajstić information content (AvgIpc) is 2.83. The smallest absolute Gasteiger partial charge is 0.373 e. The first-order chi connectivity index (χ1) is 9.93. The molecule has 1 N–H and O–H groups in total. The maximum atomic E-state index is 11.1. The molecule has 0 bridgehead atoms. The van der Waals surface area contributed by atoms with Crippen molar-refractivity contribution >= 4 is 11.7 Å². The molecule has 8 nitrogen and oxygen atoms in total. The summed E-state index contributed by atoms with van der Waals surface area (Å²) >= 11 is 0. The number of aromatic carboxylic acids is 1. The van der Waals surface area contributed by atoms with Crippen LogP contribution in [0, 0.1) is 17.0 Å². The second kappa shape index (κ2) is 5.71.